The minimum atomic E-state index is 0.0343. The van der Waals surface area contributed by atoms with Crippen LogP contribution in [0.25, 0.3) is 16.9 Å². The highest BCUT2D eigenvalue weighted by atomic mass is 16.1. The molecule has 0 radical (unpaired) electrons. The maximum Gasteiger partial charge on any atom is 0.226 e. The molecule has 0 saturated carbocycles. The van der Waals surface area contributed by atoms with Gasteiger partial charge in [0.25, 0.3) is 0 Å². The molecule has 1 amide bonds. The van der Waals surface area contributed by atoms with Gasteiger partial charge in [-0.1, -0.05) is 32.0 Å². The summed E-state index contributed by atoms with van der Waals surface area (Å²) in [5.74, 6) is 0.467. The molecule has 4 nitrogen and oxygen atoms in total. The third-order valence-corrected chi connectivity index (χ3v) is 4.76. The molecule has 136 valence electrons. The Morgan fingerprint density at radius 3 is 2.58 bits per heavy atom. The molecule has 0 unspecified atom stereocenters. The molecule has 0 fully saturated rings. The smallest absolute Gasteiger partial charge is 0.226 e. The molecular weight excluding hydrogens is 322 g/mol. The van der Waals surface area contributed by atoms with Gasteiger partial charge in [0.2, 0.25) is 5.91 Å². The second-order valence-electron chi connectivity index (χ2n) is 7.47. The van der Waals surface area contributed by atoms with E-state index in [9.17, 15) is 4.79 Å². The zero-order chi connectivity index (χ0) is 18.8. The van der Waals surface area contributed by atoms with Gasteiger partial charge in [0.1, 0.15) is 5.65 Å². The summed E-state index contributed by atoms with van der Waals surface area (Å²) in [6, 6.07) is 10.4. The lowest BCUT2D eigenvalue weighted by Gasteiger charge is -2.10. The Bertz CT molecular complexity index is 953. The first-order valence-electron chi connectivity index (χ1n) is 9.17. The number of hydrogen-bond donors (Lipinski definition) is 1. The van der Waals surface area contributed by atoms with Gasteiger partial charge in [-0.15, -0.1) is 0 Å². The molecule has 0 spiro atoms. The third kappa shape index (κ3) is 3.64. The number of hydrogen-bond acceptors (Lipinski definition) is 2. The topological polar surface area (TPSA) is 46.4 Å². The lowest BCUT2D eigenvalue weighted by atomic mass is 10.0. The van der Waals surface area contributed by atoms with Crippen molar-refractivity contribution in [2.45, 2.75) is 41.0 Å². The number of rotatable bonds is 5. The number of benzene rings is 1. The summed E-state index contributed by atoms with van der Waals surface area (Å²) in [7, 11) is 0. The fourth-order valence-corrected chi connectivity index (χ4v) is 3.07. The molecule has 0 atom stereocenters. The molecule has 2 aromatic heterocycles. The van der Waals surface area contributed by atoms with Crippen molar-refractivity contribution >= 4 is 11.6 Å². The Morgan fingerprint density at radius 2 is 1.88 bits per heavy atom. The highest BCUT2D eigenvalue weighted by Crippen LogP contribution is 2.27. The quantitative estimate of drug-likeness (QED) is 0.749. The Balaban J connectivity index is 2.08. The van der Waals surface area contributed by atoms with E-state index in [1.54, 1.807) is 0 Å². The zero-order valence-electron chi connectivity index (χ0n) is 16.3. The monoisotopic (exact) mass is 349 g/mol. The number of aromatic nitrogens is 2. The van der Waals surface area contributed by atoms with Crippen LogP contribution in [0.1, 0.15) is 36.2 Å². The summed E-state index contributed by atoms with van der Waals surface area (Å²) in [5.41, 5.74) is 7.38. The standard InChI is InChI=1S/C22H27N3O/c1-14(2)13-23-20(26)12-19-21(18-9-8-15(3)17(5)11-18)24-22-16(4)7-6-10-25(19)22/h6-11,14H,12-13H2,1-5H3,(H,23,26). The molecule has 4 heteroatoms. The predicted molar refractivity (Wildman–Crippen MR) is 106 cm³/mol. The molecule has 26 heavy (non-hydrogen) atoms. The molecule has 0 bridgehead atoms. The van der Waals surface area contributed by atoms with Crippen molar-refractivity contribution in [2.24, 2.45) is 5.92 Å². The maximum absolute atomic E-state index is 12.5. The van der Waals surface area contributed by atoms with Crippen LogP contribution in [0.5, 0.6) is 0 Å². The van der Waals surface area contributed by atoms with Crippen molar-refractivity contribution in [1.82, 2.24) is 14.7 Å². The largest absolute Gasteiger partial charge is 0.356 e. The van der Waals surface area contributed by atoms with Crippen molar-refractivity contribution in [2.75, 3.05) is 6.54 Å². The number of amides is 1. The molecule has 0 aliphatic rings. The number of nitrogens with zero attached hydrogens (tertiary/aromatic N) is 2. The van der Waals surface area contributed by atoms with Crippen molar-refractivity contribution in [3.05, 3.63) is 58.9 Å². The van der Waals surface area contributed by atoms with Gasteiger partial charge in [0.05, 0.1) is 17.8 Å². The maximum atomic E-state index is 12.5. The normalized spacial score (nSPS) is 11.3. The van der Waals surface area contributed by atoms with Gasteiger partial charge in [-0.25, -0.2) is 4.98 Å². The lowest BCUT2D eigenvalue weighted by molar-refractivity contribution is -0.120. The number of carbonyl (C=O) groups excluding carboxylic acids is 1. The Kier molecular flexibility index (Phi) is 5.12. The summed E-state index contributed by atoms with van der Waals surface area (Å²) >= 11 is 0. The molecule has 2 heterocycles. The molecule has 3 aromatic rings. The molecule has 1 N–H and O–H groups in total. The first kappa shape index (κ1) is 18.2. The van der Waals surface area contributed by atoms with Crippen molar-refractivity contribution in [3.63, 3.8) is 0 Å². The summed E-state index contributed by atoms with van der Waals surface area (Å²) in [6.07, 6.45) is 2.31. The van der Waals surface area contributed by atoms with Crippen molar-refractivity contribution < 1.29 is 4.79 Å². The number of carbonyl (C=O) groups is 1. The van der Waals surface area contributed by atoms with E-state index in [0.29, 0.717) is 18.9 Å². The summed E-state index contributed by atoms with van der Waals surface area (Å²) in [4.78, 5) is 17.4. The second-order valence-corrected chi connectivity index (χ2v) is 7.47. The molecule has 3 rings (SSSR count). The van der Waals surface area contributed by atoms with Crippen molar-refractivity contribution in [1.29, 1.82) is 0 Å². The van der Waals surface area contributed by atoms with Gasteiger partial charge in [-0.2, -0.15) is 0 Å². The summed E-state index contributed by atoms with van der Waals surface area (Å²) in [5, 5.41) is 3.02. The first-order chi connectivity index (χ1) is 12.4. The van der Waals surface area contributed by atoms with E-state index in [-0.39, 0.29) is 5.91 Å². The van der Waals surface area contributed by atoms with Crippen molar-refractivity contribution in [3.8, 4) is 11.3 Å². The van der Waals surface area contributed by atoms with E-state index in [1.807, 2.05) is 12.3 Å². The van der Waals surface area contributed by atoms with Crippen LogP contribution < -0.4 is 5.32 Å². The number of nitrogens with one attached hydrogen (secondary N) is 1. The van der Waals surface area contributed by atoms with Crippen LogP contribution in [0.2, 0.25) is 0 Å². The van der Waals surface area contributed by atoms with Crippen LogP contribution in [-0.4, -0.2) is 21.8 Å². The van der Waals surface area contributed by atoms with E-state index in [2.05, 4.69) is 68.6 Å². The van der Waals surface area contributed by atoms with Gasteiger partial charge in [0, 0.05) is 18.3 Å². The summed E-state index contributed by atoms with van der Waals surface area (Å²) < 4.78 is 2.05. The third-order valence-electron chi connectivity index (χ3n) is 4.76. The molecule has 0 aliphatic carbocycles. The average molecular weight is 349 g/mol. The van der Waals surface area contributed by atoms with Crippen LogP contribution in [0.4, 0.5) is 0 Å². The van der Waals surface area contributed by atoms with Crippen LogP contribution in [0.15, 0.2) is 36.5 Å². The number of pyridine rings is 1. The van der Waals surface area contributed by atoms with E-state index in [1.165, 1.54) is 11.1 Å². The van der Waals surface area contributed by atoms with Crippen LogP contribution in [0, 0.1) is 26.7 Å². The van der Waals surface area contributed by atoms with Gasteiger partial charge in [0.15, 0.2) is 0 Å². The fraction of sp³-hybridized carbons (Fsp3) is 0.364. The number of imidazole rings is 1. The van der Waals surface area contributed by atoms with Gasteiger partial charge in [-0.05, 0) is 55.5 Å². The zero-order valence-corrected chi connectivity index (χ0v) is 16.3. The minimum absolute atomic E-state index is 0.0343. The summed E-state index contributed by atoms with van der Waals surface area (Å²) in [6.45, 7) is 11.1. The minimum Gasteiger partial charge on any atom is -0.356 e. The predicted octanol–water partition coefficient (Wildman–Crippen LogP) is 4.24. The van der Waals surface area contributed by atoms with E-state index >= 15 is 0 Å². The average Bonchev–Trinajstić information content (AvgIpc) is 2.95. The van der Waals surface area contributed by atoms with E-state index in [4.69, 9.17) is 4.98 Å². The highest BCUT2D eigenvalue weighted by molar-refractivity contribution is 5.82. The Labute approximate surface area is 155 Å². The lowest BCUT2D eigenvalue weighted by Crippen LogP contribution is -2.29. The molecular formula is C22H27N3O. The van der Waals surface area contributed by atoms with E-state index < -0.39 is 0 Å². The number of fused-ring (bicyclic) bond motifs is 1. The van der Waals surface area contributed by atoms with Crippen LogP contribution in [0.3, 0.4) is 0 Å². The SMILES string of the molecule is Cc1ccc(-c2nc3c(C)cccn3c2CC(=O)NCC(C)C)cc1C. The van der Waals surface area contributed by atoms with Crippen LogP contribution in [-0.2, 0) is 11.2 Å². The van der Waals surface area contributed by atoms with Crippen LogP contribution >= 0.6 is 0 Å². The molecule has 0 saturated heterocycles. The second kappa shape index (κ2) is 7.32. The molecule has 0 aliphatic heterocycles. The number of aryl methyl sites for hydroxylation is 3. The molecule has 1 aromatic carbocycles. The Morgan fingerprint density at radius 1 is 1.12 bits per heavy atom. The van der Waals surface area contributed by atoms with Gasteiger partial charge in [-0.3, -0.25) is 4.79 Å². The first-order valence-corrected chi connectivity index (χ1v) is 9.17. The van der Waals surface area contributed by atoms with Gasteiger partial charge < -0.3 is 9.72 Å². The Hall–Kier alpha value is -2.62. The highest BCUT2D eigenvalue weighted by Gasteiger charge is 2.18. The fourth-order valence-electron chi connectivity index (χ4n) is 3.07. The van der Waals surface area contributed by atoms with Gasteiger partial charge >= 0.3 is 0 Å². The van der Waals surface area contributed by atoms with E-state index in [0.717, 1.165) is 28.2 Å².